The molecule has 0 aromatic heterocycles. The third-order valence-corrected chi connectivity index (χ3v) is 7.49. The van der Waals surface area contributed by atoms with Crippen LogP contribution in [0.3, 0.4) is 0 Å². The molecule has 1 saturated heterocycles. The third kappa shape index (κ3) is 4.97. The molecule has 1 heterocycles. The molecule has 8 heteroatoms. The Balaban J connectivity index is 1.59. The van der Waals surface area contributed by atoms with E-state index < -0.39 is 15.8 Å². The Morgan fingerprint density at radius 2 is 1.79 bits per heavy atom. The van der Waals surface area contributed by atoms with Crippen LogP contribution < -0.4 is 5.32 Å². The average Bonchev–Trinajstić information content (AvgIpc) is 2.70. The minimum atomic E-state index is -3.55. The number of piperidine rings is 1. The first-order valence-electron chi connectivity index (χ1n) is 9.50. The van der Waals surface area contributed by atoms with E-state index in [1.807, 2.05) is 6.92 Å². The van der Waals surface area contributed by atoms with Crippen molar-refractivity contribution in [2.75, 3.05) is 13.1 Å². The number of benzene rings is 2. The van der Waals surface area contributed by atoms with Crippen molar-refractivity contribution >= 4 is 27.5 Å². The van der Waals surface area contributed by atoms with E-state index in [0.29, 0.717) is 31.5 Å². The number of carbonyl (C=O) groups is 1. The number of nitrogens with zero attached hydrogens (tertiary/aromatic N) is 1. The lowest BCUT2D eigenvalue weighted by atomic mass is 9.96. The molecule has 0 bridgehead atoms. The van der Waals surface area contributed by atoms with Crippen molar-refractivity contribution in [3.8, 4) is 0 Å². The van der Waals surface area contributed by atoms with Crippen LogP contribution in [-0.2, 0) is 14.8 Å². The minimum Gasteiger partial charge on any atom is -0.349 e. The van der Waals surface area contributed by atoms with Crippen LogP contribution >= 0.6 is 11.6 Å². The number of nitrogens with one attached hydrogen (secondary N) is 1. The van der Waals surface area contributed by atoms with Crippen molar-refractivity contribution in [2.24, 2.45) is 5.92 Å². The second kappa shape index (κ2) is 8.81. The van der Waals surface area contributed by atoms with E-state index in [9.17, 15) is 17.6 Å². The molecule has 0 saturated carbocycles. The van der Waals surface area contributed by atoms with E-state index in [0.717, 1.165) is 5.56 Å². The highest BCUT2D eigenvalue weighted by atomic mass is 35.5. The molecule has 1 unspecified atom stereocenters. The summed E-state index contributed by atoms with van der Waals surface area (Å²) in [5.74, 6) is -0.903. The number of rotatable bonds is 5. The molecule has 29 heavy (non-hydrogen) atoms. The first kappa shape index (κ1) is 21.7. The lowest BCUT2D eigenvalue weighted by Crippen LogP contribution is -2.43. The Labute approximate surface area is 175 Å². The Morgan fingerprint density at radius 1 is 1.17 bits per heavy atom. The molecule has 156 valence electrons. The predicted molar refractivity (Wildman–Crippen MR) is 111 cm³/mol. The zero-order chi connectivity index (χ0) is 21.2. The van der Waals surface area contributed by atoms with Crippen LogP contribution in [-0.4, -0.2) is 31.7 Å². The van der Waals surface area contributed by atoms with Gasteiger partial charge in [0, 0.05) is 19.0 Å². The zero-order valence-corrected chi connectivity index (χ0v) is 17.9. The molecule has 2 aromatic carbocycles. The summed E-state index contributed by atoms with van der Waals surface area (Å²) in [6.07, 6.45) is 0.904. The lowest BCUT2D eigenvalue weighted by molar-refractivity contribution is -0.126. The molecule has 1 aliphatic rings. The standard InChI is InChI=1S/C21H24ClFN2O3S/c1-14-3-6-18(7-4-14)29(27,28)25-11-9-16(10-12-25)21(26)24-15(2)17-5-8-20(23)19(22)13-17/h3-8,13,15-16H,9-12H2,1-2H3,(H,24,26). The molecule has 1 fully saturated rings. The van der Waals surface area contributed by atoms with Gasteiger partial charge in [0.05, 0.1) is 16.0 Å². The molecule has 2 aromatic rings. The summed E-state index contributed by atoms with van der Waals surface area (Å²) in [5, 5.41) is 2.93. The summed E-state index contributed by atoms with van der Waals surface area (Å²) in [5.41, 5.74) is 1.71. The van der Waals surface area contributed by atoms with Crippen molar-refractivity contribution in [1.82, 2.24) is 9.62 Å². The van der Waals surface area contributed by atoms with Crippen molar-refractivity contribution in [1.29, 1.82) is 0 Å². The Morgan fingerprint density at radius 3 is 2.38 bits per heavy atom. The molecule has 3 rings (SSSR count). The number of amides is 1. The number of hydrogen-bond donors (Lipinski definition) is 1. The zero-order valence-electron chi connectivity index (χ0n) is 16.4. The quantitative estimate of drug-likeness (QED) is 0.765. The predicted octanol–water partition coefficient (Wildman–Crippen LogP) is 4.07. The molecule has 0 radical (unpaired) electrons. The second-order valence-electron chi connectivity index (χ2n) is 7.40. The van der Waals surface area contributed by atoms with E-state index in [4.69, 9.17) is 11.6 Å². The number of carbonyl (C=O) groups excluding carboxylic acids is 1. The van der Waals surface area contributed by atoms with Crippen LogP contribution in [0.4, 0.5) is 4.39 Å². The van der Waals surface area contributed by atoms with Crippen molar-refractivity contribution in [3.63, 3.8) is 0 Å². The second-order valence-corrected chi connectivity index (χ2v) is 9.74. The van der Waals surface area contributed by atoms with Gasteiger partial charge in [-0.2, -0.15) is 4.31 Å². The van der Waals surface area contributed by atoms with Crippen LogP contribution in [0.15, 0.2) is 47.4 Å². The Kier molecular flexibility index (Phi) is 6.61. The topological polar surface area (TPSA) is 66.5 Å². The van der Waals surface area contributed by atoms with Gasteiger partial charge in [-0.25, -0.2) is 12.8 Å². The van der Waals surface area contributed by atoms with E-state index in [1.165, 1.54) is 16.4 Å². The Hall–Kier alpha value is -1.96. The van der Waals surface area contributed by atoms with Crippen LogP contribution in [0, 0.1) is 18.7 Å². The van der Waals surface area contributed by atoms with E-state index in [-0.39, 0.29) is 27.8 Å². The van der Waals surface area contributed by atoms with Crippen molar-refractivity contribution in [2.45, 2.75) is 37.6 Å². The summed E-state index contributed by atoms with van der Waals surface area (Å²) in [6.45, 7) is 4.30. The number of sulfonamides is 1. The molecule has 5 nitrogen and oxygen atoms in total. The fraction of sp³-hybridized carbons (Fsp3) is 0.381. The first-order chi connectivity index (χ1) is 13.7. The smallest absolute Gasteiger partial charge is 0.243 e. The number of hydrogen-bond acceptors (Lipinski definition) is 3. The third-order valence-electron chi connectivity index (χ3n) is 5.29. The van der Waals surface area contributed by atoms with Gasteiger partial charge in [-0.3, -0.25) is 4.79 Å². The fourth-order valence-corrected chi connectivity index (χ4v) is 5.07. The van der Waals surface area contributed by atoms with Crippen molar-refractivity contribution < 1.29 is 17.6 Å². The molecule has 0 spiro atoms. The largest absolute Gasteiger partial charge is 0.349 e. The van der Waals surface area contributed by atoms with Gasteiger partial charge in [-0.1, -0.05) is 35.4 Å². The molecule has 1 atom stereocenters. The Bertz CT molecular complexity index is 987. The average molecular weight is 439 g/mol. The normalized spacial score (nSPS) is 17.1. The molecule has 0 aliphatic carbocycles. The monoisotopic (exact) mass is 438 g/mol. The minimum absolute atomic E-state index is 0.0122. The highest BCUT2D eigenvalue weighted by Gasteiger charge is 2.32. The lowest BCUT2D eigenvalue weighted by Gasteiger charge is -2.31. The van der Waals surface area contributed by atoms with Gasteiger partial charge < -0.3 is 5.32 Å². The van der Waals surface area contributed by atoms with Gasteiger partial charge in [-0.15, -0.1) is 0 Å². The highest BCUT2D eigenvalue weighted by Crippen LogP contribution is 2.26. The maximum Gasteiger partial charge on any atom is 0.243 e. The van der Waals surface area contributed by atoms with Crippen LogP contribution in [0.25, 0.3) is 0 Å². The SMILES string of the molecule is Cc1ccc(S(=O)(=O)N2CCC(C(=O)NC(C)c3ccc(F)c(Cl)c3)CC2)cc1. The number of halogens is 2. The van der Waals surface area contributed by atoms with Crippen LogP contribution in [0.5, 0.6) is 0 Å². The van der Waals surface area contributed by atoms with Gasteiger partial charge >= 0.3 is 0 Å². The van der Waals surface area contributed by atoms with E-state index >= 15 is 0 Å². The van der Waals surface area contributed by atoms with Gasteiger partial charge in [0.15, 0.2) is 0 Å². The maximum atomic E-state index is 13.3. The van der Waals surface area contributed by atoms with E-state index in [2.05, 4.69) is 5.32 Å². The molecule has 1 aliphatic heterocycles. The van der Waals surface area contributed by atoms with Gasteiger partial charge in [0.2, 0.25) is 15.9 Å². The van der Waals surface area contributed by atoms with Gasteiger partial charge in [-0.05, 0) is 56.5 Å². The summed E-state index contributed by atoms with van der Waals surface area (Å²) >= 11 is 5.81. The summed E-state index contributed by atoms with van der Waals surface area (Å²) in [4.78, 5) is 12.9. The summed E-state index contributed by atoms with van der Waals surface area (Å²) in [7, 11) is -3.55. The highest BCUT2D eigenvalue weighted by molar-refractivity contribution is 7.89. The van der Waals surface area contributed by atoms with Crippen LogP contribution in [0.1, 0.15) is 36.9 Å². The molecular weight excluding hydrogens is 415 g/mol. The van der Waals surface area contributed by atoms with E-state index in [1.54, 1.807) is 37.3 Å². The first-order valence-corrected chi connectivity index (χ1v) is 11.3. The summed E-state index contributed by atoms with van der Waals surface area (Å²) < 4.78 is 40.3. The van der Waals surface area contributed by atoms with Gasteiger partial charge in [0.1, 0.15) is 5.82 Å². The fourth-order valence-electron chi connectivity index (χ4n) is 3.41. The molecule has 1 amide bonds. The maximum absolute atomic E-state index is 13.3. The number of aryl methyl sites for hydroxylation is 1. The summed E-state index contributed by atoms with van der Waals surface area (Å²) in [6, 6.07) is 10.8. The van der Waals surface area contributed by atoms with Crippen LogP contribution in [0.2, 0.25) is 5.02 Å². The molecular formula is C21H24ClFN2O3S. The van der Waals surface area contributed by atoms with Gasteiger partial charge in [0.25, 0.3) is 0 Å². The molecule has 1 N–H and O–H groups in total. The van der Waals surface area contributed by atoms with Crippen molar-refractivity contribution in [3.05, 3.63) is 64.4 Å².